The molecule has 0 bridgehead atoms. The smallest absolute Gasteiger partial charge is 0.233 e. The van der Waals surface area contributed by atoms with Crippen molar-refractivity contribution in [1.29, 1.82) is 0 Å². The monoisotopic (exact) mass is 424 g/mol. The van der Waals surface area contributed by atoms with Crippen LogP contribution in [0.25, 0.3) is 0 Å². The highest BCUT2D eigenvalue weighted by Crippen LogP contribution is 2.28. The lowest BCUT2D eigenvalue weighted by Gasteiger charge is -2.16. The Bertz CT molecular complexity index is 749. The van der Waals surface area contributed by atoms with Crippen LogP contribution in [0.15, 0.2) is 32.9 Å². The van der Waals surface area contributed by atoms with Crippen molar-refractivity contribution in [2.45, 2.75) is 35.5 Å². The standard InChI is InChI=1S/C18H24N4O2S3/c1-4-9-19-15(23)11-25-17-20-21-18(27-17)26-12-16(24)22(3)10-14-7-5-13(2)6-8-14/h5-8H,4,9-12H2,1-3H3,(H,19,23). The maximum atomic E-state index is 12.3. The molecular weight excluding hydrogens is 400 g/mol. The van der Waals surface area contributed by atoms with E-state index in [0.717, 1.165) is 20.7 Å². The molecule has 0 aliphatic carbocycles. The van der Waals surface area contributed by atoms with Crippen LogP contribution in [-0.2, 0) is 16.1 Å². The van der Waals surface area contributed by atoms with Crippen LogP contribution in [0.3, 0.4) is 0 Å². The van der Waals surface area contributed by atoms with Crippen LogP contribution in [0.4, 0.5) is 0 Å². The second kappa shape index (κ2) is 11.3. The minimum atomic E-state index is -0.000777. The Kier molecular flexibility index (Phi) is 9.09. The van der Waals surface area contributed by atoms with Gasteiger partial charge in [0.25, 0.3) is 0 Å². The van der Waals surface area contributed by atoms with E-state index >= 15 is 0 Å². The Hall–Kier alpha value is -1.58. The lowest BCUT2D eigenvalue weighted by molar-refractivity contribution is -0.127. The van der Waals surface area contributed by atoms with Gasteiger partial charge in [-0.05, 0) is 18.9 Å². The Labute approximate surface area is 172 Å². The molecule has 0 radical (unpaired) electrons. The predicted molar refractivity (Wildman–Crippen MR) is 112 cm³/mol. The average molecular weight is 425 g/mol. The van der Waals surface area contributed by atoms with E-state index in [1.54, 1.807) is 11.9 Å². The van der Waals surface area contributed by atoms with Crippen LogP contribution in [0.5, 0.6) is 0 Å². The summed E-state index contributed by atoms with van der Waals surface area (Å²) < 4.78 is 1.48. The highest BCUT2D eigenvalue weighted by molar-refractivity contribution is 8.03. The molecule has 0 unspecified atom stereocenters. The van der Waals surface area contributed by atoms with Crippen LogP contribution in [0, 0.1) is 6.92 Å². The molecule has 0 saturated heterocycles. The van der Waals surface area contributed by atoms with E-state index in [1.807, 2.05) is 38.1 Å². The molecular formula is C18H24N4O2S3. The zero-order valence-corrected chi connectivity index (χ0v) is 18.2. The molecule has 0 saturated carbocycles. The Morgan fingerprint density at radius 1 is 1.11 bits per heavy atom. The van der Waals surface area contributed by atoms with Crippen LogP contribution in [-0.4, -0.2) is 52.0 Å². The highest BCUT2D eigenvalue weighted by atomic mass is 32.2. The van der Waals surface area contributed by atoms with Gasteiger partial charge < -0.3 is 10.2 Å². The molecule has 146 valence electrons. The number of aryl methyl sites for hydroxylation is 1. The molecule has 0 aliphatic heterocycles. The maximum Gasteiger partial charge on any atom is 0.233 e. The van der Waals surface area contributed by atoms with Gasteiger partial charge in [-0.3, -0.25) is 9.59 Å². The van der Waals surface area contributed by atoms with E-state index in [1.165, 1.54) is 40.4 Å². The van der Waals surface area contributed by atoms with E-state index in [9.17, 15) is 9.59 Å². The first-order chi connectivity index (χ1) is 13.0. The molecule has 27 heavy (non-hydrogen) atoms. The number of hydrogen-bond donors (Lipinski definition) is 1. The van der Waals surface area contributed by atoms with Crippen molar-refractivity contribution >= 4 is 46.7 Å². The molecule has 2 amide bonds. The lowest BCUT2D eigenvalue weighted by Crippen LogP contribution is -2.27. The van der Waals surface area contributed by atoms with Gasteiger partial charge in [-0.2, -0.15) is 0 Å². The quantitative estimate of drug-likeness (QED) is 0.590. The van der Waals surface area contributed by atoms with Gasteiger partial charge in [0, 0.05) is 20.1 Å². The van der Waals surface area contributed by atoms with E-state index in [2.05, 4.69) is 15.5 Å². The minimum Gasteiger partial charge on any atom is -0.355 e. The number of rotatable bonds is 10. The summed E-state index contributed by atoms with van der Waals surface area (Å²) in [6, 6.07) is 8.17. The second-order valence-corrected chi connectivity index (χ2v) is 9.42. The largest absolute Gasteiger partial charge is 0.355 e. The summed E-state index contributed by atoms with van der Waals surface area (Å²) in [7, 11) is 1.80. The fraction of sp³-hybridized carbons (Fsp3) is 0.444. The van der Waals surface area contributed by atoms with E-state index < -0.39 is 0 Å². The van der Waals surface area contributed by atoms with Gasteiger partial charge in [0.1, 0.15) is 0 Å². The number of hydrogen-bond acceptors (Lipinski definition) is 7. The van der Waals surface area contributed by atoms with Crippen molar-refractivity contribution in [3.8, 4) is 0 Å². The zero-order chi connectivity index (χ0) is 19.6. The second-order valence-electron chi connectivity index (χ2n) is 6.00. The van der Waals surface area contributed by atoms with Crippen molar-refractivity contribution in [3.63, 3.8) is 0 Å². The molecule has 1 heterocycles. The summed E-state index contributed by atoms with van der Waals surface area (Å²) in [5.41, 5.74) is 2.31. The molecule has 2 rings (SSSR count). The van der Waals surface area contributed by atoms with E-state index in [-0.39, 0.29) is 11.8 Å². The molecule has 0 atom stereocenters. The third-order valence-corrected chi connectivity index (χ3v) is 6.75. The summed E-state index contributed by atoms with van der Waals surface area (Å²) in [6.45, 7) is 5.33. The Morgan fingerprint density at radius 2 is 1.74 bits per heavy atom. The number of thioether (sulfide) groups is 2. The fourth-order valence-corrected chi connectivity index (χ4v) is 4.84. The number of nitrogens with one attached hydrogen (secondary N) is 1. The van der Waals surface area contributed by atoms with E-state index in [0.29, 0.717) is 24.6 Å². The minimum absolute atomic E-state index is 0.000777. The predicted octanol–water partition coefficient (Wildman–Crippen LogP) is 3.22. The number of nitrogens with zero attached hydrogens (tertiary/aromatic N) is 3. The molecule has 0 fully saturated rings. The maximum absolute atomic E-state index is 12.3. The number of carbonyl (C=O) groups is 2. The van der Waals surface area contributed by atoms with E-state index in [4.69, 9.17) is 0 Å². The molecule has 0 spiro atoms. The molecule has 1 N–H and O–H groups in total. The lowest BCUT2D eigenvalue weighted by atomic mass is 10.1. The summed E-state index contributed by atoms with van der Waals surface area (Å²) >= 11 is 4.16. The van der Waals surface area contributed by atoms with Crippen LogP contribution < -0.4 is 5.32 Å². The van der Waals surface area contributed by atoms with Crippen molar-refractivity contribution in [2.24, 2.45) is 0 Å². The van der Waals surface area contributed by atoms with Crippen molar-refractivity contribution in [1.82, 2.24) is 20.4 Å². The van der Waals surface area contributed by atoms with Gasteiger partial charge >= 0.3 is 0 Å². The van der Waals surface area contributed by atoms with Gasteiger partial charge in [-0.15, -0.1) is 10.2 Å². The SMILES string of the molecule is CCCNC(=O)CSc1nnc(SCC(=O)N(C)Cc2ccc(C)cc2)s1. The molecule has 2 aromatic rings. The molecule has 1 aromatic carbocycles. The number of carbonyl (C=O) groups excluding carboxylic acids is 2. The molecule has 1 aromatic heterocycles. The third kappa shape index (κ3) is 7.90. The van der Waals surface area contributed by atoms with Crippen molar-refractivity contribution in [3.05, 3.63) is 35.4 Å². The first-order valence-corrected chi connectivity index (χ1v) is 11.4. The summed E-state index contributed by atoms with van der Waals surface area (Å²) in [5, 5.41) is 11.0. The van der Waals surface area contributed by atoms with Crippen molar-refractivity contribution in [2.75, 3.05) is 25.1 Å². The Balaban J connectivity index is 1.74. The summed E-state index contributed by atoms with van der Waals surface area (Å²) in [4.78, 5) is 25.6. The van der Waals surface area contributed by atoms with Crippen LogP contribution >= 0.6 is 34.9 Å². The molecule has 6 nitrogen and oxygen atoms in total. The third-order valence-electron chi connectivity index (χ3n) is 3.57. The first-order valence-electron chi connectivity index (χ1n) is 8.63. The van der Waals surface area contributed by atoms with Gasteiger partial charge in [-0.25, -0.2) is 0 Å². The number of benzene rings is 1. The average Bonchev–Trinajstić information content (AvgIpc) is 3.12. The Morgan fingerprint density at radius 3 is 2.37 bits per heavy atom. The molecule has 9 heteroatoms. The molecule has 0 aliphatic rings. The summed E-state index contributed by atoms with van der Waals surface area (Å²) in [5.74, 6) is 0.693. The fourth-order valence-electron chi connectivity index (χ4n) is 2.05. The number of amides is 2. The van der Waals surface area contributed by atoms with Gasteiger partial charge in [0.05, 0.1) is 11.5 Å². The number of aromatic nitrogens is 2. The van der Waals surface area contributed by atoms with Crippen LogP contribution in [0.2, 0.25) is 0 Å². The normalized spacial score (nSPS) is 10.6. The summed E-state index contributed by atoms with van der Waals surface area (Å²) in [6.07, 6.45) is 0.919. The van der Waals surface area contributed by atoms with Gasteiger partial charge in [0.15, 0.2) is 8.68 Å². The topological polar surface area (TPSA) is 75.2 Å². The first kappa shape index (κ1) is 21.7. The van der Waals surface area contributed by atoms with Crippen LogP contribution in [0.1, 0.15) is 24.5 Å². The van der Waals surface area contributed by atoms with Crippen molar-refractivity contribution < 1.29 is 9.59 Å². The van der Waals surface area contributed by atoms with Gasteiger partial charge in [-0.1, -0.05) is 71.6 Å². The van der Waals surface area contributed by atoms with Gasteiger partial charge in [0.2, 0.25) is 11.8 Å². The zero-order valence-electron chi connectivity index (χ0n) is 15.7. The highest BCUT2D eigenvalue weighted by Gasteiger charge is 2.13.